The quantitative estimate of drug-likeness (QED) is 0.860. The summed E-state index contributed by atoms with van der Waals surface area (Å²) in [6.45, 7) is 1.76. The third-order valence-electron chi connectivity index (χ3n) is 3.26. The summed E-state index contributed by atoms with van der Waals surface area (Å²) in [6.07, 6.45) is 1.97. The number of hydrogen-bond donors (Lipinski definition) is 2. The van der Waals surface area contributed by atoms with Crippen molar-refractivity contribution in [3.8, 4) is 17.0 Å². The number of nitrogens with one attached hydrogen (secondary N) is 2. The number of aromatic nitrogens is 2. The number of nitrogens with zero attached hydrogens (tertiary/aromatic N) is 1. The van der Waals surface area contributed by atoms with Gasteiger partial charge < -0.3 is 10.1 Å². The summed E-state index contributed by atoms with van der Waals surface area (Å²) < 4.78 is 5.51. The van der Waals surface area contributed by atoms with Crippen molar-refractivity contribution in [1.29, 1.82) is 0 Å². The van der Waals surface area contributed by atoms with Gasteiger partial charge in [0.2, 0.25) is 0 Å². The van der Waals surface area contributed by atoms with E-state index in [9.17, 15) is 0 Å². The van der Waals surface area contributed by atoms with Crippen LogP contribution in [0.5, 0.6) is 5.75 Å². The predicted molar refractivity (Wildman–Crippen MR) is 70.9 cm³/mol. The van der Waals surface area contributed by atoms with E-state index in [0.29, 0.717) is 0 Å². The van der Waals surface area contributed by atoms with Crippen LogP contribution in [0, 0.1) is 0 Å². The van der Waals surface area contributed by atoms with Crippen LogP contribution in [-0.2, 0) is 12.8 Å². The number of likely N-dealkylation sites (N-methyl/N-ethyl adjacent to an activating group) is 1. The molecule has 0 amide bonds. The van der Waals surface area contributed by atoms with Gasteiger partial charge >= 0.3 is 0 Å². The molecule has 2 aromatic rings. The minimum Gasteiger partial charge on any atom is -0.493 e. The molecule has 0 spiro atoms. The van der Waals surface area contributed by atoms with Crippen molar-refractivity contribution in [3.63, 3.8) is 0 Å². The van der Waals surface area contributed by atoms with Gasteiger partial charge in [0.05, 0.1) is 12.3 Å². The van der Waals surface area contributed by atoms with Gasteiger partial charge in [-0.3, -0.25) is 5.10 Å². The lowest BCUT2D eigenvalue weighted by molar-refractivity contribution is 0.357. The monoisotopic (exact) mass is 243 g/mol. The Labute approximate surface area is 106 Å². The summed E-state index contributed by atoms with van der Waals surface area (Å²) in [4.78, 5) is 0. The molecule has 3 rings (SSSR count). The highest BCUT2D eigenvalue weighted by Gasteiger charge is 2.13. The first-order valence-electron chi connectivity index (χ1n) is 6.32. The Morgan fingerprint density at radius 2 is 2.33 bits per heavy atom. The molecule has 0 saturated heterocycles. The standard InChI is InChI=1S/C14H17N3O/c1-15-6-4-12-9-13(17-16-12)10-2-3-14-11(8-10)5-7-18-14/h2-3,8-9,15H,4-7H2,1H3,(H,16,17). The van der Waals surface area contributed by atoms with Crippen LogP contribution in [0.3, 0.4) is 0 Å². The van der Waals surface area contributed by atoms with Crippen LogP contribution in [0.1, 0.15) is 11.3 Å². The smallest absolute Gasteiger partial charge is 0.122 e. The number of hydrogen-bond acceptors (Lipinski definition) is 3. The molecule has 0 saturated carbocycles. The van der Waals surface area contributed by atoms with Gasteiger partial charge in [-0.1, -0.05) is 0 Å². The van der Waals surface area contributed by atoms with Crippen LogP contribution < -0.4 is 10.1 Å². The molecule has 94 valence electrons. The zero-order chi connectivity index (χ0) is 12.4. The second-order valence-electron chi connectivity index (χ2n) is 4.55. The van der Waals surface area contributed by atoms with Crippen LogP contribution >= 0.6 is 0 Å². The molecule has 2 N–H and O–H groups in total. The molecule has 4 heteroatoms. The summed E-state index contributed by atoms with van der Waals surface area (Å²) in [5.41, 5.74) is 4.62. The van der Waals surface area contributed by atoms with Crippen molar-refractivity contribution in [3.05, 3.63) is 35.5 Å². The number of ether oxygens (including phenoxy) is 1. The maximum Gasteiger partial charge on any atom is 0.122 e. The van der Waals surface area contributed by atoms with Gasteiger partial charge in [0, 0.05) is 30.6 Å². The number of H-pyrrole nitrogens is 1. The normalized spacial score (nSPS) is 13.4. The van der Waals surface area contributed by atoms with E-state index < -0.39 is 0 Å². The second kappa shape index (κ2) is 4.82. The van der Waals surface area contributed by atoms with Gasteiger partial charge in [-0.2, -0.15) is 5.10 Å². The summed E-state index contributed by atoms with van der Waals surface area (Å²) in [6, 6.07) is 8.41. The largest absolute Gasteiger partial charge is 0.493 e. The van der Waals surface area contributed by atoms with Crippen LogP contribution in [0.25, 0.3) is 11.3 Å². The van der Waals surface area contributed by atoms with E-state index in [1.807, 2.05) is 13.1 Å². The summed E-state index contributed by atoms with van der Waals surface area (Å²) in [7, 11) is 1.96. The van der Waals surface area contributed by atoms with Crippen molar-refractivity contribution in [2.75, 3.05) is 20.2 Å². The molecule has 4 nitrogen and oxygen atoms in total. The molecule has 1 aromatic carbocycles. The average molecular weight is 243 g/mol. The Bertz CT molecular complexity index is 548. The van der Waals surface area contributed by atoms with Gasteiger partial charge in [0.25, 0.3) is 0 Å². The number of benzene rings is 1. The highest BCUT2D eigenvalue weighted by Crippen LogP contribution is 2.29. The van der Waals surface area contributed by atoms with Crippen LogP contribution in [0.2, 0.25) is 0 Å². The van der Waals surface area contributed by atoms with E-state index in [1.54, 1.807) is 0 Å². The molecule has 0 unspecified atom stereocenters. The molecule has 0 atom stereocenters. The average Bonchev–Trinajstić information content (AvgIpc) is 3.04. The topological polar surface area (TPSA) is 49.9 Å². The molecule has 1 aromatic heterocycles. The molecule has 0 aliphatic carbocycles. The highest BCUT2D eigenvalue weighted by atomic mass is 16.5. The van der Waals surface area contributed by atoms with Crippen LogP contribution in [0.15, 0.2) is 24.3 Å². The number of aromatic amines is 1. The zero-order valence-corrected chi connectivity index (χ0v) is 10.5. The van der Waals surface area contributed by atoms with E-state index >= 15 is 0 Å². The maximum absolute atomic E-state index is 5.51. The molecule has 1 aliphatic heterocycles. The summed E-state index contributed by atoms with van der Waals surface area (Å²) in [5.74, 6) is 1.02. The fourth-order valence-corrected chi connectivity index (χ4v) is 2.24. The van der Waals surface area contributed by atoms with Gasteiger partial charge in [-0.15, -0.1) is 0 Å². The Hall–Kier alpha value is -1.81. The van der Waals surface area contributed by atoms with E-state index in [1.165, 1.54) is 5.56 Å². The van der Waals surface area contributed by atoms with Crippen molar-refractivity contribution < 1.29 is 4.74 Å². The van der Waals surface area contributed by atoms with Gasteiger partial charge in [-0.05, 0) is 36.9 Å². The second-order valence-corrected chi connectivity index (χ2v) is 4.55. The fraction of sp³-hybridized carbons (Fsp3) is 0.357. The first kappa shape index (κ1) is 11.3. The van der Waals surface area contributed by atoms with E-state index in [2.05, 4.69) is 33.7 Å². The zero-order valence-electron chi connectivity index (χ0n) is 10.5. The maximum atomic E-state index is 5.51. The Balaban J connectivity index is 1.83. The molecule has 0 bridgehead atoms. The Morgan fingerprint density at radius 1 is 1.39 bits per heavy atom. The lowest BCUT2D eigenvalue weighted by atomic mass is 10.1. The molecule has 1 aliphatic rings. The minimum absolute atomic E-state index is 0.798. The highest BCUT2D eigenvalue weighted by molar-refractivity contribution is 5.62. The molecule has 0 radical (unpaired) electrons. The molecule has 18 heavy (non-hydrogen) atoms. The SMILES string of the molecule is CNCCc1cc(-c2ccc3c(c2)CCO3)n[nH]1. The van der Waals surface area contributed by atoms with Gasteiger partial charge in [-0.25, -0.2) is 0 Å². The summed E-state index contributed by atoms with van der Waals surface area (Å²) in [5, 5.41) is 10.6. The van der Waals surface area contributed by atoms with Crippen molar-refractivity contribution in [2.45, 2.75) is 12.8 Å². The Morgan fingerprint density at radius 3 is 3.22 bits per heavy atom. The van der Waals surface area contributed by atoms with Crippen molar-refractivity contribution in [2.24, 2.45) is 0 Å². The molecule has 2 heterocycles. The van der Waals surface area contributed by atoms with Gasteiger partial charge in [0.1, 0.15) is 5.75 Å². The van der Waals surface area contributed by atoms with Crippen molar-refractivity contribution in [1.82, 2.24) is 15.5 Å². The van der Waals surface area contributed by atoms with E-state index in [4.69, 9.17) is 4.74 Å². The molecular formula is C14H17N3O. The first-order chi connectivity index (χ1) is 8.86. The summed E-state index contributed by atoms with van der Waals surface area (Å²) >= 11 is 0. The molecule has 0 fully saturated rings. The first-order valence-corrected chi connectivity index (χ1v) is 6.32. The molecular weight excluding hydrogens is 226 g/mol. The lowest BCUT2D eigenvalue weighted by Crippen LogP contribution is -2.10. The minimum atomic E-state index is 0.798. The predicted octanol–water partition coefficient (Wildman–Crippen LogP) is 1.77. The fourth-order valence-electron chi connectivity index (χ4n) is 2.24. The number of fused-ring (bicyclic) bond motifs is 1. The van der Waals surface area contributed by atoms with E-state index in [-0.39, 0.29) is 0 Å². The van der Waals surface area contributed by atoms with Crippen LogP contribution in [0.4, 0.5) is 0 Å². The Kier molecular flexibility index (Phi) is 3.02. The van der Waals surface area contributed by atoms with Gasteiger partial charge in [0.15, 0.2) is 0 Å². The number of rotatable bonds is 4. The van der Waals surface area contributed by atoms with E-state index in [0.717, 1.165) is 48.7 Å². The van der Waals surface area contributed by atoms with Crippen molar-refractivity contribution >= 4 is 0 Å². The third kappa shape index (κ3) is 2.11. The lowest BCUT2D eigenvalue weighted by Gasteiger charge is -2.00. The third-order valence-corrected chi connectivity index (χ3v) is 3.26. The van der Waals surface area contributed by atoms with Crippen LogP contribution in [-0.4, -0.2) is 30.4 Å².